The molecule has 1 aromatic heterocycles. The first-order valence-corrected chi connectivity index (χ1v) is 7.67. The van der Waals surface area contributed by atoms with Crippen LogP contribution in [0.2, 0.25) is 0 Å². The lowest BCUT2D eigenvalue weighted by Crippen LogP contribution is -2.23. The minimum absolute atomic E-state index is 0.333. The van der Waals surface area contributed by atoms with Crippen molar-refractivity contribution in [2.75, 3.05) is 6.54 Å². The highest BCUT2D eigenvalue weighted by molar-refractivity contribution is 7.11. The molecule has 0 spiro atoms. The van der Waals surface area contributed by atoms with Crippen molar-refractivity contribution in [3.8, 4) is 0 Å². The Morgan fingerprint density at radius 2 is 2.20 bits per heavy atom. The first-order chi connectivity index (χ1) is 9.69. The molecule has 1 aliphatic rings. The standard InChI is InChI=1S/C15H16F2N2S/c1-2-18-14(10-8-9(16)6-7-11(10)17)15-19-12-4-3-5-13(12)20-15/h6-8,14,18H,2-5H2,1H3. The van der Waals surface area contributed by atoms with Crippen molar-refractivity contribution in [2.45, 2.75) is 32.2 Å². The van der Waals surface area contributed by atoms with E-state index in [1.807, 2.05) is 6.92 Å². The normalized spacial score (nSPS) is 15.3. The zero-order valence-electron chi connectivity index (χ0n) is 11.2. The van der Waals surface area contributed by atoms with Gasteiger partial charge in [-0.1, -0.05) is 6.92 Å². The number of halogens is 2. The minimum Gasteiger partial charge on any atom is -0.304 e. The zero-order valence-corrected chi connectivity index (χ0v) is 12.1. The largest absolute Gasteiger partial charge is 0.304 e. The van der Waals surface area contributed by atoms with Crippen LogP contribution in [0.25, 0.3) is 0 Å². The Hall–Kier alpha value is -1.33. The molecule has 0 saturated carbocycles. The highest BCUT2D eigenvalue weighted by Crippen LogP contribution is 2.34. The number of hydrogen-bond donors (Lipinski definition) is 1. The van der Waals surface area contributed by atoms with Gasteiger partial charge in [-0.25, -0.2) is 13.8 Å². The van der Waals surface area contributed by atoms with Crippen LogP contribution in [0.1, 0.15) is 40.5 Å². The number of nitrogens with one attached hydrogen (secondary N) is 1. The summed E-state index contributed by atoms with van der Waals surface area (Å²) in [6, 6.07) is 3.21. The molecule has 0 amide bonds. The number of benzene rings is 1. The average Bonchev–Trinajstić information content (AvgIpc) is 3.00. The van der Waals surface area contributed by atoms with Crippen LogP contribution >= 0.6 is 11.3 Å². The maximum Gasteiger partial charge on any atom is 0.128 e. The molecule has 0 aliphatic heterocycles. The molecule has 5 heteroatoms. The van der Waals surface area contributed by atoms with E-state index in [0.29, 0.717) is 12.1 Å². The molecule has 2 aromatic rings. The van der Waals surface area contributed by atoms with Crippen molar-refractivity contribution < 1.29 is 8.78 Å². The van der Waals surface area contributed by atoms with Gasteiger partial charge in [-0.15, -0.1) is 11.3 Å². The Kier molecular flexibility index (Phi) is 3.81. The van der Waals surface area contributed by atoms with Crippen LogP contribution < -0.4 is 5.32 Å². The summed E-state index contributed by atoms with van der Waals surface area (Å²) < 4.78 is 27.4. The molecule has 1 N–H and O–H groups in total. The van der Waals surface area contributed by atoms with Crippen molar-refractivity contribution in [1.82, 2.24) is 10.3 Å². The predicted molar refractivity (Wildman–Crippen MR) is 76.0 cm³/mol. The summed E-state index contributed by atoms with van der Waals surface area (Å²) in [5.74, 6) is -0.818. The Morgan fingerprint density at radius 3 is 2.95 bits per heavy atom. The van der Waals surface area contributed by atoms with Gasteiger partial charge in [-0.05, 0) is 44.0 Å². The Bertz CT molecular complexity index is 603. The van der Waals surface area contributed by atoms with Gasteiger partial charge in [-0.2, -0.15) is 0 Å². The molecule has 0 saturated heterocycles. The molecule has 106 valence electrons. The lowest BCUT2D eigenvalue weighted by atomic mass is 10.1. The zero-order chi connectivity index (χ0) is 14.1. The van der Waals surface area contributed by atoms with E-state index in [4.69, 9.17) is 0 Å². The smallest absolute Gasteiger partial charge is 0.128 e. The second-order valence-corrected chi connectivity index (χ2v) is 6.05. The van der Waals surface area contributed by atoms with Crippen LogP contribution in [-0.2, 0) is 12.8 Å². The quantitative estimate of drug-likeness (QED) is 0.932. The van der Waals surface area contributed by atoms with E-state index in [-0.39, 0.29) is 6.04 Å². The Labute approximate surface area is 120 Å². The van der Waals surface area contributed by atoms with Crippen molar-refractivity contribution in [3.63, 3.8) is 0 Å². The van der Waals surface area contributed by atoms with Crippen molar-refractivity contribution in [3.05, 3.63) is 51.0 Å². The van der Waals surface area contributed by atoms with Crippen LogP contribution in [0, 0.1) is 11.6 Å². The lowest BCUT2D eigenvalue weighted by Gasteiger charge is -2.16. The van der Waals surface area contributed by atoms with E-state index in [0.717, 1.165) is 36.0 Å². The molecule has 0 bridgehead atoms. The molecule has 1 unspecified atom stereocenters. The molecular formula is C15H16F2N2S. The number of aryl methyl sites for hydroxylation is 2. The fraction of sp³-hybridized carbons (Fsp3) is 0.400. The summed E-state index contributed by atoms with van der Waals surface area (Å²) in [5.41, 5.74) is 1.46. The van der Waals surface area contributed by atoms with E-state index in [1.165, 1.54) is 17.0 Å². The van der Waals surface area contributed by atoms with Gasteiger partial charge in [0, 0.05) is 10.4 Å². The summed E-state index contributed by atoms with van der Waals surface area (Å²) >= 11 is 1.62. The Balaban J connectivity index is 2.01. The fourth-order valence-electron chi connectivity index (χ4n) is 2.60. The molecule has 3 rings (SSSR count). The molecule has 2 nitrogen and oxygen atoms in total. The highest BCUT2D eigenvalue weighted by Gasteiger charge is 2.24. The first kappa shape index (κ1) is 13.6. The molecule has 1 aliphatic carbocycles. The molecule has 20 heavy (non-hydrogen) atoms. The van der Waals surface area contributed by atoms with E-state index in [1.54, 1.807) is 11.3 Å². The van der Waals surface area contributed by atoms with E-state index in [9.17, 15) is 8.78 Å². The molecule has 1 aromatic carbocycles. The SMILES string of the molecule is CCNC(c1nc2c(s1)CCC2)c1cc(F)ccc1F. The second kappa shape index (κ2) is 5.58. The van der Waals surface area contributed by atoms with Gasteiger partial charge < -0.3 is 5.32 Å². The number of hydrogen-bond acceptors (Lipinski definition) is 3. The summed E-state index contributed by atoms with van der Waals surface area (Å²) in [7, 11) is 0. The van der Waals surface area contributed by atoms with E-state index >= 15 is 0 Å². The van der Waals surface area contributed by atoms with Crippen LogP contribution in [0.5, 0.6) is 0 Å². The van der Waals surface area contributed by atoms with Gasteiger partial charge in [0.05, 0.1) is 11.7 Å². The molecule has 0 radical (unpaired) electrons. The monoisotopic (exact) mass is 294 g/mol. The van der Waals surface area contributed by atoms with E-state index < -0.39 is 11.6 Å². The fourth-order valence-corrected chi connectivity index (χ4v) is 3.85. The minimum atomic E-state index is -0.423. The first-order valence-electron chi connectivity index (χ1n) is 6.86. The van der Waals surface area contributed by atoms with Crippen molar-refractivity contribution in [2.24, 2.45) is 0 Å². The average molecular weight is 294 g/mol. The topological polar surface area (TPSA) is 24.9 Å². The maximum atomic E-state index is 14.0. The predicted octanol–water partition coefficient (Wildman–Crippen LogP) is 3.61. The third-order valence-electron chi connectivity index (χ3n) is 3.54. The number of aromatic nitrogens is 1. The van der Waals surface area contributed by atoms with Crippen LogP contribution in [0.15, 0.2) is 18.2 Å². The van der Waals surface area contributed by atoms with Gasteiger partial charge in [0.2, 0.25) is 0 Å². The van der Waals surface area contributed by atoms with Crippen LogP contribution in [0.3, 0.4) is 0 Å². The van der Waals surface area contributed by atoms with Crippen molar-refractivity contribution in [1.29, 1.82) is 0 Å². The summed E-state index contributed by atoms with van der Waals surface area (Å²) in [6.07, 6.45) is 3.20. The Morgan fingerprint density at radius 1 is 1.35 bits per heavy atom. The number of thiazole rings is 1. The molecular weight excluding hydrogens is 278 g/mol. The van der Waals surface area contributed by atoms with Gasteiger partial charge >= 0.3 is 0 Å². The third-order valence-corrected chi connectivity index (χ3v) is 4.76. The van der Waals surface area contributed by atoms with E-state index in [2.05, 4.69) is 10.3 Å². The lowest BCUT2D eigenvalue weighted by molar-refractivity contribution is 0.543. The van der Waals surface area contributed by atoms with Gasteiger partial charge in [0.25, 0.3) is 0 Å². The van der Waals surface area contributed by atoms with Crippen LogP contribution in [0.4, 0.5) is 8.78 Å². The summed E-state index contributed by atoms with van der Waals surface area (Å²) in [5, 5.41) is 4.05. The summed E-state index contributed by atoms with van der Waals surface area (Å²) in [6.45, 7) is 2.62. The maximum absolute atomic E-state index is 14.0. The molecule has 0 fully saturated rings. The summed E-state index contributed by atoms with van der Waals surface area (Å²) in [4.78, 5) is 5.92. The molecule has 1 atom stereocenters. The third kappa shape index (κ3) is 2.47. The highest BCUT2D eigenvalue weighted by atomic mass is 32.1. The van der Waals surface area contributed by atoms with Gasteiger partial charge in [0.15, 0.2) is 0 Å². The van der Waals surface area contributed by atoms with Crippen LogP contribution in [-0.4, -0.2) is 11.5 Å². The van der Waals surface area contributed by atoms with Crippen molar-refractivity contribution >= 4 is 11.3 Å². The number of fused-ring (bicyclic) bond motifs is 1. The number of nitrogens with zero attached hydrogens (tertiary/aromatic N) is 1. The van der Waals surface area contributed by atoms with Gasteiger partial charge in [-0.3, -0.25) is 0 Å². The second-order valence-electron chi connectivity index (χ2n) is 4.93. The molecule has 1 heterocycles. The number of rotatable bonds is 4. The van der Waals surface area contributed by atoms with Gasteiger partial charge in [0.1, 0.15) is 16.6 Å².